The summed E-state index contributed by atoms with van der Waals surface area (Å²) < 4.78 is 5.57. The van der Waals surface area contributed by atoms with Crippen molar-refractivity contribution in [2.75, 3.05) is 51.2 Å². The fraction of sp³-hybridized carbons (Fsp3) is 0.588. The van der Waals surface area contributed by atoms with Gasteiger partial charge in [-0.25, -0.2) is 0 Å². The summed E-state index contributed by atoms with van der Waals surface area (Å²) in [5.41, 5.74) is 1.70. The molecule has 5 nitrogen and oxygen atoms in total. The number of fused-ring (bicyclic) bond motifs is 1. The van der Waals surface area contributed by atoms with Crippen LogP contribution in [0.25, 0.3) is 0 Å². The molecule has 1 unspecified atom stereocenters. The summed E-state index contributed by atoms with van der Waals surface area (Å²) >= 11 is 0. The number of hydrogen-bond donors (Lipinski definition) is 1. The van der Waals surface area contributed by atoms with Crippen molar-refractivity contribution in [1.29, 1.82) is 0 Å². The van der Waals surface area contributed by atoms with Crippen LogP contribution in [-0.2, 0) is 0 Å². The molecular formula is C17H25N3O2. The lowest BCUT2D eigenvalue weighted by atomic mass is 10.0. The van der Waals surface area contributed by atoms with Crippen LogP contribution in [0.1, 0.15) is 24.2 Å². The summed E-state index contributed by atoms with van der Waals surface area (Å²) in [6.45, 7) is 10.8. The predicted molar refractivity (Wildman–Crippen MR) is 87.9 cm³/mol. The molecular weight excluding hydrogens is 278 g/mol. The lowest BCUT2D eigenvalue weighted by Gasteiger charge is -2.37. The molecule has 2 aliphatic rings. The number of Topliss-reactive ketones (excluding diaryl/α,β-unsaturated/α-hetero) is 1. The Morgan fingerprint density at radius 2 is 2.09 bits per heavy atom. The number of ketones is 1. The van der Waals surface area contributed by atoms with E-state index in [9.17, 15) is 4.79 Å². The Kier molecular flexibility index (Phi) is 4.64. The molecule has 3 rings (SSSR count). The van der Waals surface area contributed by atoms with E-state index < -0.39 is 0 Å². The maximum Gasteiger partial charge on any atom is 0.179 e. The van der Waals surface area contributed by atoms with Gasteiger partial charge in [0.2, 0.25) is 0 Å². The third-order valence-corrected chi connectivity index (χ3v) is 4.72. The van der Waals surface area contributed by atoms with Crippen molar-refractivity contribution in [3.05, 3.63) is 23.8 Å². The fourth-order valence-corrected chi connectivity index (χ4v) is 3.17. The lowest BCUT2D eigenvalue weighted by molar-refractivity contribution is 0.0710. The van der Waals surface area contributed by atoms with Crippen molar-refractivity contribution < 1.29 is 9.53 Å². The first-order valence-electron chi connectivity index (χ1n) is 8.20. The SMILES string of the molecule is CCN1CCN(C(C)C(=O)c2ccc3c(c2)NCCO3)CC1. The largest absolute Gasteiger partial charge is 0.490 e. The van der Waals surface area contributed by atoms with Gasteiger partial charge in [-0.05, 0) is 31.7 Å². The molecule has 1 saturated heterocycles. The topological polar surface area (TPSA) is 44.8 Å². The molecule has 0 aliphatic carbocycles. The van der Waals surface area contributed by atoms with E-state index in [-0.39, 0.29) is 11.8 Å². The number of likely N-dealkylation sites (N-methyl/N-ethyl adjacent to an activating group) is 1. The van der Waals surface area contributed by atoms with Crippen molar-refractivity contribution in [1.82, 2.24) is 9.80 Å². The minimum atomic E-state index is -0.0680. The number of nitrogens with zero attached hydrogens (tertiary/aromatic N) is 2. The van der Waals surface area contributed by atoms with Gasteiger partial charge >= 0.3 is 0 Å². The highest BCUT2D eigenvalue weighted by atomic mass is 16.5. The summed E-state index contributed by atoms with van der Waals surface area (Å²) in [6, 6.07) is 5.64. The molecule has 0 bridgehead atoms. The molecule has 0 saturated carbocycles. The van der Waals surface area contributed by atoms with Crippen molar-refractivity contribution in [2.24, 2.45) is 0 Å². The van der Waals surface area contributed by atoms with E-state index >= 15 is 0 Å². The van der Waals surface area contributed by atoms with E-state index in [1.54, 1.807) is 0 Å². The molecule has 1 atom stereocenters. The second-order valence-electron chi connectivity index (χ2n) is 6.00. The molecule has 0 spiro atoms. The molecule has 0 amide bonds. The van der Waals surface area contributed by atoms with Crippen LogP contribution >= 0.6 is 0 Å². The summed E-state index contributed by atoms with van der Waals surface area (Å²) in [5, 5.41) is 3.29. The van der Waals surface area contributed by atoms with E-state index in [2.05, 4.69) is 22.0 Å². The van der Waals surface area contributed by atoms with Gasteiger partial charge in [0, 0.05) is 38.3 Å². The summed E-state index contributed by atoms with van der Waals surface area (Å²) in [5.74, 6) is 1.03. The van der Waals surface area contributed by atoms with Crippen LogP contribution in [0, 0.1) is 0 Å². The number of rotatable bonds is 4. The van der Waals surface area contributed by atoms with Gasteiger partial charge in [-0.1, -0.05) is 6.92 Å². The number of carbonyl (C=O) groups excluding carboxylic acids is 1. The molecule has 2 aliphatic heterocycles. The Hall–Kier alpha value is -1.59. The van der Waals surface area contributed by atoms with Crippen molar-refractivity contribution >= 4 is 11.5 Å². The van der Waals surface area contributed by atoms with Crippen LogP contribution < -0.4 is 10.1 Å². The molecule has 120 valence electrons. The second kappa shape index (κ2) is 6.67. The van der Waals surface area contributed by atoms with Crippen molar-refractivity contribution in [3.8, 4) is 5.75 Å². The van der Waals surface area contributed by atoms with Crippen LogP contribution in [-0.4, -0.2) is 67.5 Å². The normalized spacial score (nSPS) is 20.6. The van der Waals surface area contributed by atoms with Gasteiger partial charge in [0.1, 0.15) is 12.4 Å². The molecule has 0 radical (unpaired) electrons. The lowest BCUT2D eigenvalue weighted by Crippen LogP contribution is -2.51. The Bertz CT molecular complexity index is 539. The standard InChI is InChI=1S/C17H25N3O2/c1-3-19-7-9-20(10-8-19)13(2)17(21)14-4-5-16-15(12-14)18-6-11-22-16/h4-5,12-13,18H,3,6-11H2,1-2H3. The quantitative estimate of drug-likeness (QED) is 0.858. The minimum Gasteiger partial charge on any atom is -0.490 e. The number of nitrogens with one attached hydrogen (secondary N) is 1. The van der Waals surface area contributed by atoms with Crippen LogP contribution in [0.2, 0.25) is 0 Å². The highest BCUT2D eigenvalue weighted by Gasteiger charge is 2.26. The number of ether oxygens (including phenoxy) is 1. The van der Waals surface area contributed by atoms with Crippen LogP contribution in [0.4, 0.5) is 5.69 Å². The number of anilines is 1. The van der Waals surface area contributed by atoms with Gasteiger partial charge in [0.15, 0.2) is 5.78 Å². The molecule has 5 heteroatoms. The Labute approximate surface area is 132 Å². The molecule has 1 aromatic rings. The van der Waals surface area contributed by atoms with E-state index in [0.29, 0.717) is 6.61 Å². The highest BCUT2D eigenvalue weighted by Crippen LogP contribution is 2.28. The zero-order valence-corrected chi connectivity index (χ0v) is 13.5. The average Bonchev–Trinajstić information content (AvgIpc) is 2.60. The Morgan fingerprint density at radius 1 is 1.32 bits per heavy atom. The van der Waals surface area contributed by atoms with Gasteiger partial charge in [0.05, 0.1) is 11.7 Å². The summed E-state index contributed by atoms with van der Waals surface area (Å²) in [4.78, 5) is 17.5. The van der Waals surface area contributed by atoms with Crippen LogP contribution in [0.15, 0.2) is 18.2 Å². The van der Waals surface area contributed by atoms with Gasteiger partial charge in [-0.15, -0.1) is 0 Å². The average molecular weight is 303 g/mol. The van der Waals surface area contributed by atoms with E-state index in [1.165, 1.54) is 0 Å². The highest BCUT2D eigenvalue weighted by molar-refractivity contribution is 6.01. The van der Waals surface area contributed by atoms with Gasteiger partial charge in [-0.2, -0.15) is 0 Å². The zero-order chi connectivity index (χ0) is 15.5. The number of hydrogen-bond acceptors (Lipinski definition) is 5. The maximum absolute atomic E-state index is 12.8. The monoisotopic (exact) mass is 303 g/mol. The maximum atomic E-state index is 12.8. The molecule has 1 fully saturated rings. The number of benzene rings is 1. The van der Waals surface area contributed by atoms with E-state index in [4.69, 9.17) is 4.74 Å². The third kappa shape index (κ3) is 3.10. The first kappa shape index (κ1) is 15.3. The molecule has 1 aromatic carbocycles. The second-order valence-corrected chi connectivity index (χ2v) is 6.00. The third-order valence-electron chi connectivity index (χ3n) is 4.72. The van der Waals surface area contributed by atoms with Crippen LogP contribution in [0.5, 0.6) is 5.75 Å². The number of carbonyl (C=O) groups is 1. The smallest absolute Gasteiger partial charge is 0.179 e. The number of piperazine rings is 1. The van der Waals surface area contributed by atoms with Gasteiger partial charge in [0.25, 0.3) is 0 Å². The fourth-order valence-electron chi connectivity index (χ4n) is 3.17. The molecule has 2 heterocycles. The van der Waals surface area contributed by atoms with Gasteiger partial charge < -0.3 is 15.0 Å². The minimum absolute atomic E-state index is 0.0680. The summed E-state index contributed by atoms with van der Waals surface area (Å²) in [7, 11) is 0. The summed E-state index contributed by atoms with van der Waals surface area (Å²) in [6.07, 6.45) is 0. The molecule has 0 aromatic heterocycles. The predicted octanol–water partition coefficient (Wildman–Crippen LogP) is 1.70. The van der Waals surface area contributed by atoms with Crippen molar-refractivity contribution in [3.63, 3.8) is 0 Å². The first-order valence-corrected chi connectivity index (χ1v) is 8.20. The van der Waals surface area contributed by atoms with E-state index in [0.717, 1.165) is 56.3 Å². The Morgan fingerprint density at radius 3 is 2.82 bits per heavy atom. The van der Waals surface area contributed by atoms with Crippen molar-refractivity contribution in [2.45, 2.75) is 19.9 Å². The van der Waals surface area contributed by atoms with Gasteiger partial charge in [-0.3, -0.25) is 9.69 Å². The van der Waals surface area contributed by atoms with E-state index in [1.807, 2.05) is 25.1 Å². The van der Waals surface area contributed by atoms with Crippen LogP contribution in [0.3, 0.4) is 0 Å². The first-order chi connectivity index (χ1) is 10.7. The molecule has 22 heavy (non-hydrogen) atoms. The zero-order valence-electron chi connectivity index (χ0n) is 13.5. The molecule has 1 N–H and O–H groups in total. The Balaban J connectivity index is 1.68.